The molecule has 0 unspecified atom stereocenters. The molecule has 0 spiro atoms. The molecule has 0 N–H and O–H groups in total. The molecule has 7 heteroatoms. The lowest BCUT2D eigenvalue weighted by atomic mass is 10.3. The smallest absolute Gasteiger partial charge is 0.191 e. The van der Waals surface area contributed by atoms with E-state index in [1.807, 2.05) is 4.57 Å². The fourth-order valence-electron chi connectivity index (χ4n) is 1.69. The highest BCUT2D eigenvalue weighted by atomic mass is 35.5. The molecule has 4 nitrogen and oxygen atoms in total. The summed E-state index contributed by atoms with van der Waals surface area (Å²) in [5.41, 5.74) is 0. The maximum absolute atomic E-state index is 13.5. The monoisotopic (exact) mass is 339 g/mol. The number of aromatic nitrogens is 3. The van der Waals surface area contributed by atoms with Gasteiger partial charge < -0.3 is 4.74 Å². The number of nitrogens with zero attached hydrogens (tertiary/aromatic N) is 3. The maximum atomic E-state index is 13.5. The lowest BCUT2D eigenvalue weighted by Crippen LogP contribution is -2.08. The number of benzene rings is 1. The molecule has 0 radical (unpaired) electrons. The molecule has 2 rings (SSSR count). The van der Waals surface area contributed by atoms with Crippen molar-refractivity contribution < 1.29 is 9.13 Å². The van der Waals surface area contributed by atoms with Crippen molar-refractivity contribution in [2.45, 2.75) is 18.3 Å². The van der Waals surface area contributed by atoms with Crippen molar-refractivity contribution in [3.8, 4) is 5.75 Å². The minimum Gasteiger partial charge on any atom is -0.483 e. The van der Waals surface area contributed by atoms with Crippen LogP contribution < -0.4 is 4.74 Å². The van der Waals surface area contributed by atoms with Crippen LogP contribution in [0.2, 0.25) is 0 Å². The van der Waals surface area contributed by atoms with Crippen LogP contribution in [0.5, 0.6) is 5.75 Å². The van der Waals surface area contributed by atoms with Crippen molar-refractivity contribution in [3.63, 3.8) is 0 Å². The highest BCUT2D eigenvalue weighted by Crippen LogP contribution is 2.22. The van der Waals surface area contributed by atoms with Gasteiger partial charge in [-0.1, -0.05) is 48.2 Å². The van der Waals surface area contributed by atoms with Crippen molar-refractivity contribution in [2.75, 3.05) is 5.75 Å². The SMILES string of the molecule is C=CCn1c(COc2ccccc2F)nnc1SCC(=C)Cl. The summed E-state index contributed by atoms with van der Waals surface area (Å²) in [7, 11) is 0. The Morgan fingerprint density at radius 1 is 1.41 bits per heavy atom. The number of halogens is 2. The number of ether oxygens (including phenoxy) is 1. The zero-order valence-corrected chi connectivity index (χ0v) is 13.4. The second-order valence-electron chi connectivity index (χ2n) is 4.32. The van der Waals surface area contributed by atoms with Crippen LogP contribution >= 0.6 is 23.4 Å². The first kappa shape index (κ1) is 16.6. The summed E-state index contributed by atoms with van der Waals surface area (Å²) in [6, 6.07) is 6.23. The molecule has 0 fully saturated rings. The van der Waals surface area contributed by atoms with E-state index in [4.69, 9.17) is 16.3 Å². The second-order valence-corrected chi connectivity index (χ2v) is 5.80. The highest BCUT2D eigenvalue weighted by Gasteiger charge is 2.13. The van der Waals surface area contributed by atoms with Gasteiger partial charge >= 0.3 is 0 Å². The normalized spacial score (nSPS) is 10.5. The first-order chi connectivity index (χ1) is 10.6. The van der Waals surface area contributed by atoms with E-state index in [0.717, 1.165) is 0 Å². The Labute approximate surface area is 137 Å². The van der Waals surface area contributed by atoms with Crippen LogP contribution in [0.15, 0.2) is 53.7 Å². The third-order valence-corrected chi connectivity index (χ3v) is 4.00. The number of rotatable bonds is 8. The van der Waals surface area contributed by atoms with Crippen LogP contribution in [0, 0.1) is 5.82 Å². The molecule has 0 aliphatic rings. The quantitative estimate of drug-likeness (QED) is 0.538. The predicted octanol–water partition coefficient (Wildman–Crippen LogP) is 4.03. The molecule has 0 aliphatic heterocycles. The first-order valence-corrected chi connectivity index (χ1v) is 7.84. The molecule has 1 aromatic heterocycles. The molecule has 0 amide bonds. The Morgan fingerprint density at radius 2 is 2.18 bits per heavy atom. The number of hydrogen-bond acceptors (Lipinski definition) is 4. The molecule has 0 saturated heterocycles. The van der Waals surface area contributed by atoms with Gasteiger partial charge in [-0.2, -0.15) is 0 Å². The highest BCUT2D eigenvalue weighted by molar-refractivity contribution is 7.99. The van der Waals surface area contributed by atoms with Gasteiger partial charge in [-0.05, 0) is 12.1 Å². The molecule has 1 aromatic carbocycles. The molecule has 2 aromatic rings. The topological polar surface area (TPSA) is 39.9 Å². The molecular weight excluding hydrogens is 325 g/mol. The standard InChI is InChI=1S/C15H15ClFN3OS/c1-3-8-20-14(18-19-15(20)22-10-11(2)16)9-21-13-7-5-4-6-12(13)17/h3-7H,1-2,8-10H2. The number of allylic oxidation sites excluding steroid dienone is 1. The minimum absolute atomic E-state index is 0.115. The lowest BCUT2D eigenvalue weighted by Gasteiger charge is -2.09. The molecule has 0 bridgehead atoms. The largest absolute Gasteiger partial charge is 0.483 e. The zero-order valence-electron chi connectivity index (χ0n) is 11.8. The Bertz CT molecular complexity index is 675. The van der Waals surface area contributed by atoms with Gasteiger partial charge in [-0.25, -0.2) is 4.39 Å². The van der Waals surface area contributed by atoms with E-state index < -0.39 is 5.82 Å². The van der Waals surface area contributed by atoms with Gasteiger partial charge in [-0.3, -0.25) is 4.57 Å². The molecule has 116 valence electrons. The number of para-hydroxylation sites is 1. The Hall–Kier alpha value is -1.79. The second kappa shape index (κ2) is 8.00. The van der Waals surface area contributed by atoms with Crippen LogP contribution in [0.4, 0.5) is 4.39 Å². The predicted molar refractivity (Wildman–Crippen MR) is 86.7 cm³/mol. The van der Waals surface area contributed by atoms with E-state index in [1.54, 1.807) is 24.3 Å². The average Bonchev–Trinajstić information content (AvgIpc) is 2.87. The Kier molecular flexibility index (Phi) is 6.03. The van der Waals surface area contributed by atoms with Crippen LogP contribution in [0.1, 0.15) is 5.82 Å². The fraction of sp³-hybridized carbons (Fsp3) is 0.200. The number of hydrogen-bond donors (Lipinski definition) is 0. The van der Waals surface area contributed by atoms with Crippen LogP contribution in [-0.4, -0.2) is 20.5 Å². The van der Waals surface area contributed by atoms with Gasteiger partial charge in [-0.15, -0.1) is 16.8 Å². The van der Waals surface area contributed by atoms with E-state index in [1.165, 1.54) is 17.8 Å². The summed E-state index contributed by atoms with van der Waals surface area (Å²) in [6.07, 6.45) is 1.73. The molecule has 1 heterocycles. The van der Waals surface area contributed by atoms with Crippen molar-refractivity contribution in [2.24, 2.45) is 0 Å². The summed E-state index contributed by atoms with van der Waals surface area (Å²) in [4.78, 5) is 0. The molecule has 0 atom stereocenters. The Morgan fingerprint density at radius 3 is 2.86 bits per heavy atom. The van der Waals surface area contributed by atoms with Gasteiger partial charge in [0.1, 0.15) is 6.61 Å². The molecule has 0 aliphatic carbocycles. The van der Waals surface area contributed by atoms with Crippen LogP contribution in [-0.2, 0) is 13.2 Å². The third-order valence-electron chi connectivity index (χ3n) is 2.66. The summed E-state index contributed by atoms with van der Waals surface area (Å²) in [5, 5.41) is 9.40. The summed E-state index contributed by atoms with van der Waals surface area (Å²) >= 11 is 7.18. The molecule has 22 heavy (non-hydrogen) atoms. The summed E-state index contributed by atoms with van der Waals surface area (Å²) in [6.45, 7) is 8.00. The van der Waals surface area contributed by atoms with Gasteiger partial charge in [0.2, 0.25) is 0 Å². The minimum atomic E-state index is -0.412. The summed E-state index contributed by atoms with van der Waals surface area (Å²) < 4.78 is 20.9. The van der Waals surface area contributed by atoms with Crippen LogP contribution in [0.25, 0.3) is 0 Å². The van der Waals surface area contributed by atoms with E-state index in [2.05, 4.69) is 23.4 Å². The van der Waals surface area contributed by atoms with E-state index >= 15 is 0 Å². The van der Waals surface area contributed by atoms with E-state index in [0.29, 0.717) is 28.3 Å². The fourth-order valence-corrected chi connectivity index (χ4v) is 2.58. The lowest BCUT2D eigenvalue weighted by molar-refractivity contribution is 0.275. The Balaban J connectivity index is 2.11. The van der Waals surface area contributed by atoms with E-state index in [-0.39, 0.29) is 12.4 Å². The first-order valence-electron chi connectivity index (χ1n) is 6.48. The third kappa shape index (κ3) is 4.35. The molecular formula is C15H15ClFN3OS. The molecule has 0 saturated carbocycles. The van der Waals surface area contributed by atoms with Gasteiger partial charge in [0.15, 0.2) is 22.5 Å². The van der Waals surface area contributed by atoms with E-state index in [9.17, 15) is 4.39 Å². The van der Waals surface area contributed by atoms with Crippen molar-refractivity contribution in [1.29, 1.82) is 0 Å². The van der Waals surface area contributed by atoms with Crippen molar-refractivity contribution >= 4 is 23.4 Å². The van der Waals surface area contributed by atoms with Crippen molar-refractivity contribution in [1.82, 2.24) is 14.8 Å². The maximum Gasteiger partial charge on any atom is 0.191 e. The van der Waals surface area contributed by atoms with Gasteiger partial charge in [0.05, 0.1) is 0 Å². The average molecular weight is 340 g/mol. The van der Waals surface area contributed by atoms with Crippen LogP contribution in [0.3, 0.4) is 0 Å². The van der Waals surface area contributed by atoms with Gasteiger partial charge in [0, 0.05) is 17.3 Å². The van der Waals surface area contributed by atoms with Crippen molar-refractivity contribution in [3.05, 3.63) is 60.2 Å². The van der Waals surface area contributed by atoms with Gasteiger partial charge in [0.25, 0.3) is 0 Å². The zero-order chi connectivity index (χ0) is 15.9. The number of thioether (sulfide) groups is 1. The summed E-state index contributed by atoms with van der Waals surface area (Å²) in [5.74, 6) is 0.889.